The van der Waals surface area contributed by atoms with Gasteiger partial charge in [-0.25, -0.2) is 0 Å². The number of nitro benzene ring substituents is 1. The van der Waals surface area contributed by atoms with Crippen molar-refractivity contribution >= 4 is 21.6 Å². The van der Waals surface area contributed by atoms with E-state index in [1.807, 2.05) is 0 Å². The van der Waals surface area contributed by atoms with Crippen LogP contribution in [0.2, 0.25) is 0 Å². The van der Waals surface area contributed by atoms with E-state index in [9.17, 15) is 23.3 Å². The Balaban J connectivity index is 2.24. The van der Waals surface area contributed by atoms with E-state index in [0.29, 0.717) is 16.2 Å². The van der Waals surface area contributed by atoms with E-state index in [1.165, 1.54) is 12.1 Å². The lowest BCUT2D eigenvalue weighted by Crippen LogP contribution is -2.04. The molecule has 0 radical (unpaired) electrons. The van der Waals surface area contributed by atoms with Crippen LogP contribution in [-0.2, 0) is 12.7 Å². The Morgan fingerprint density at radius 1 is 1.40 bits per heavy atom. The fourth-order valence-electron chi connectivity index (χ4n) is 1.58. The molecule has 0 atom stereocenters. The van der Waals surface area contributed by atoms with E-state index in [1.54, 1.807) is 6.07 Å². The van der Waals surface area contributed by atoms with Crippen LogP contribution in [0.1, 0.15) is 11.1 Å². The first-order valence-electron chi connectivity index (χ1n) is 5.30. The second-order valence-corrected chi connectivity index (χ2v) is 4.82. The molecule has 2 aromatic rings. The van der Waals surface area contributed by atoms with Crippen LogP contribution < -0.4 is 0 Å². The van der Waals surface area contributed by atoms with Crippen LogP contribution in [0.3, 0.4) is 0 Å². The van der Waals surface area contributed by atoms with Gasteiger partial charge in [-0.05, 0) is 27.6 Å². The van der Waals surface area contributed by atoms with Crippen molar-refractivity contribution in [2.45, 2.75) is 12.7 Å². The highest BCUT2D eigenvalue weighted by molar-refractivity contribution is 9.10. The minimum Gasteiger partial charge on any atom is -0.268 e. The average molecular weight is 350 g/mol. The Hall–Kier alpha value is -1.90. The van der Waals surface area contributed by atoms with E-state index >= 15 is 0 Å². The van der Waals surface area contributed by atoms with Crippen molar-refractivity contribution in [2.75, 3.05) is 0 Å². The molecule has 0 N–H and O–H groups in total. The molecular weight excluding hydrogens is 343 g/mol. The molecule has 0 aliphatic heterocycles. The van der Waals surface area contributed by atoms with Gasteiger partial charge >= 0.3 is 6.18 Å². The van der Waals surface area contributed by atoms with Crippen LogP contribution in [0.4, 0.5) is 18.9 Å². The molecular formula is C11H7BrF3N3O2. The number of nitro groups is 1. The summed E-state index contributed by atoms with van der Waals surface area (Å²) in [4.78, 5) is 10.2. The smallest absolute Gasteiger partial charge is 0.268 e. The molecule has 1 aromatic carbocycles. The van der Waals surface area contributed by atoms with Gasteiger partial charge in [0.2, 0.25) is 0 Å². The first kappa shape index (κ1) is 14.5. The van der Waals surface area contributed by atoms with Crippen molar-refractivity contribution in [3.63, 3.8) is 0 Å². The van der Waals surface area contributed by atoms with Gasteiger partial charge in [-0.15, -0.1) is 0 Å². The van der Waals surface area contributed by atoms with Gasteiger partial charge in [0.1, 0.15) is 0 Å². The normalized spacial score (nSPS) is 11.6. The number of nitrogens with zero attached hydrogens (tertiary/aromatic N) is 3. The van der Waals surface area contributed by atoms with Crippen molar-refractivity contribution in [3.05, 3.63) is 56.3 Å². The van der Waals surface area contributed by atoms with E-state index in [0.717, 1.165) is 10.9 Å². The van der Waals surface area contributed by atoms with Gasteiger partial charge in [0, 0.05) is 12.3 Å². The van der Waals surface area contributed by atoms with Gasteiger partial charge in [0.15, 0.2) is 0 Å². The monoisotopic (exact) mass is 349 g/mol. The summed E-state index contributed by atoms with van der Waals surface area (Å²) in [7, 11) is 0. The topological polar surface area (TPSA) is 61.0 Å². The van der Waals surface area contributed by atoms with Crippen molar-refractivity contribution in [2.24, 2.45) is 0 Å². The summed E-state index contributed by atoms with van der Waals surface area (Å²) >= 11 is 3.03. The van der Waals surface area contributed by atoms with Crippen molar-refractivity contribution in [1.82, 2.24) is 9.78 Å². The molecule has 0 unspecified atom stereocenters. The maximum absolute atomic E-state index is 12.4. The summed E-state index contributed by atoms with van der Waals surface area (Å²) in [5.74, 6) is 0. The molecule has 0 aliphatic rings. The van der Waals surface area contributed by atoms with Crippen LogP contribution >= 0.6 is 15.9 Å². The predicted molar refractivity (Wildman–Crippen MR) is 67.1 cm³/mol. The second kappa shape index (κ2) is 5.23. The average Bonchev–Trinajstić information content (AvgIpc) is 2.79. The predicted octanol–water partition coefficient (Wildman–Crippen LogP) is 3.62. The minimum absolute atomic E-state index is 0.0181. The summed E-state index contributed by atoms with van der Waals surface area (Å²) in [5, 5.41) is 14.4. The SMILES string of the molecule is O=[N+]([O-])c1cc(Cn2cc(C(F)(F)F)cn2)ccc1Br. The third-order valence-electron chi connectivity index (χ3n) is 2.51. The molecule has 0 bridgehead atoms. The fourth-order valence-corrected chi connectivity index (χ4v) is 1.97. The summed E-state index contributed by atoms with van der Waals surface area (Å²) in [6, 6.07) is 4.34. The van der Waals surface area contributed by atoms with Gasteiger partial charge in [-0.3, -0.25) is 14.8 Å². The third kappa shape index (κ3) is 3.16. The number of benzene rings is 1. The highest BCUT2D eigenvalue weighted by Gasteiger charge is 2.32. The van der Waals surface area contributed by atoms with Crippen molar-refractivity contribution in [3.8, 4) is 0 Å². The molecule has 5 nitrogen and oxygen atoms in total. The number of hydrogen-bond donors (Lipinski definition) is 0. The zero-order valence-electron chi connectivity index (χ0n) is 9.76. The zero-order chi connectivity index (χ0) is 14.9. The number of aromatic nitrogens is 2. The quantitative estimate of drug-likeness (QED) is 0.628. The standard InChI is InChI=1S/C11H7BrF3N3O2/c12-9-2-1-7(3-10(9)18(19)20)5-17-6-8(4-16-17)11(13,14)15/h1-4,6H,5H2. The molecule has 0 saturated heterocycles. The van der Waals surface area contributed by atoms with E-state index in [2.05, 4.69) is 21.0 Å². The number of hydrogen-bond acceptors (Lipinski definition) is 3. The van der Waals surface area contributed by atoms with E-state index in [-0.39, 0.29) is 12.2 Å². The van der Waals surface area contributed by atoms with E-state index < -0.39 is 16.7 Å². The Kier molecular flexibility index (Phi) is 3.80. The van der Waals surface area contributed by atoms with Crippen LogP contribution in [-0.4, -0.2) is 14.7 Å². The highest BCUT2D eigenvalue weighted by Crippen LogP contribution is 2.29. The lowest BCUT2D eigenvalue weighted by molar-refractivity contribution is -0.385. The Morgan fingerprint density at radius 2 is 2.10 bits per heavy atom. The molecule has 0 aliphatic carbocycles. The molecule has 1 heterocycles. The number of alkyl halides is 3. The highest BCUT2D eigenvalue weighted by atomic mass is 79.9. The molecule has 20 heavy (non-hydrogen) atoms. The van der Waals surface area contributed by atoms with Crippen molar-refractivity contribution < 1.29 is 18.1 Å². The van der Waals surface area contributed by atoms with Gasteiger partial charge in [0.25, 0.3) is 5.69 Å². The minimum atomic E-state index is -4.45. The maximum atomic E-state index is 12.4. The molecule has 0 amide bonds. The van der Waals surface area contributed by atoms with Gasteiger partial charge in [-0.2, -0.15) is 18.3 Å². The van der Waals surface area contributed by atoms with Gasteiger partial charge in [-0.1, -0.05) is 6.07 Å². The zero-order valence-corrected chi connectivity index (χ0v) is 11.3. The second-order valence-electron chi connectivity index (χ2n) is 3.97. The van der Waals surface area contributed by atoms with Crippen LogP contribution in [0.25, 0.3) is 0 Å². The Morgan fingerprint density at radius 3 is 2.65 bits per heavy atom. The fraction of sp³-hybridized carbons (Fsp3) is 0.182. The van der Waals surface area contributed by atoms with Crippen molar-refractivity contribution in [1.29, 1.82) is 0 Å². The lowest BCUT2D eigenvalue weighted by Gasteiger charge is -2.04. The van der Waals surface area contributed by atoms with E-state index in [4.69, 9.17) is 0 Å². The first-order valence-corrected chi connectivity index (χ1v) is 6.09. The van der Waals surface area contributed by atoms with Gasteiger partial charge in [0.05, 0.1) is 27.7 Å². The first-order chi connectivity index (χ1) is 9.27. The molecule has 1 aromatic heterocycles. The molecule has 106 valence electrons. The van der Waals surface area contributed by atoms with Crippen LogP contribution in [0, 0.1) is 10.1 Å². The van der Waals surface area contributed by atoms with Gasteiger partial charge < -0.3 is 0 Å². The summed E-state index contributed by atoms with van der Waals surface area (Å²) in [6.45, 7) is 0.0181. The van der Waals surface area contributed by atoms with Crippen LogP contribution in [0.15, 0.2) is 35.1 Å². The molecule has 9 heteroatoms. The Bertz CT molecular complexity index is 655. The largest absolute Gasteiger partial charge is 0.419 e. The molecule has 0 spiro atoms. The number of rotatable bonds is 3. The maximum Gasteiger partial charge on any atom is 0.419 e. The third-order valence-corrected chi connectivity index (χ3v) is 3.18. The molecule has 0 saturated carbocycles. The summed E-state index contributed by atoms with van der Waals surface area (Å²) in [6.07, 6.45) is -2.88. The number of halogens is 4. The molecule has 2 rings (SSSR count). The molecule has 0 fully saturated rings. The lowest BCUT2D eigenvalue weighted by atomic mass is 10.2. The van der Waals surface area contributed by atoms with Crippen LogP contribution in [0.5, 0.6) is 0 Å². The Labute approximate surface area is 119 Å². The summed E-state index contributed by atoms with van der Waals surface area (Å²) in [5.41, 5.74) is -0.522. The summed E-state index contributed by atoms with van der Waals surface area (Å²) < 4.78 is 38.6.